The number of amides is 1. The molecule has 2 N–H and O–H groups in total. The molecule has 2 rings (SSSR count). The molecule has 1 heterocycles. The first kappa shape index (κ1) is 14.4. The fraction of sp³-hybridized carbons (Fsp3) is 0.667. The van der Waals surface area contributed by atoms with Gasteiger partial charge in [-0.15, -0.1) is 0 Å². The molecular weight excluding hydrogens is 264 g/mol. The molecule has 1 fully saturated rings. The van der Waals surface area contributed by atoms with Crippen molar-refractivity contribution in [2.75, 3.05) is 0 Å². The van der Waals surface area contributed by atoms with Crippen molar-refractivity contribution in [3.05, 3.63) is 22.6 Å². The van der Waals surface area contributed by atoms with Gasteiger partial charge in [-0.1, -0.05) is 13.8 Å². The number of nitrogens with zero attached hydrogens (tertiary/aromatic N) is 3. The van der Waals surface area contributed by atoms with Crippen molar-refractivity contribution in [3.63, 3.8) is 0 Å². The molecule has 0 aromatic carbocycles. The maximum atomic E-state index is 11.8. The van der Waals surface area contributed by atoms with Gasteiger partial charge in [0.25, 0.3) is 0 Å². The highest BCUT2D eigenvalue weighted by Gasteiger charge is 2.47. The summed E-state index contributed by atoms with van der Waals surface area (Å²) in [5.41, 5.74) is -0.302. The number of nitrogens with one attached hydrogen (secondary N) is 1. The Morgan fingerprint density at radius 2 is 2.40 bits per heavy atom. The summed E-state index contributed by atoms with van der Waals surface area (Å²) in [6.45, 7) is 4.15. The van der Waals surface area contributed by atoms with Crippen molar-refractivity contribution in [3.8, 4) is 0 Å². The van der Waals surface area contributed by atoms with Gasteiger partial charge in [-0.2, -0.15) is 0 Å². The number of aromatic nitrogens is 2. The number of nitro groups is 1. The average molecular weight is 282 g/mol. The van der Waals surface area contributed by atoms with E-state index in [0.717, 1.165) is 0 Å². The van der Waals surface area contributed by atoms with E-state index in [4.69, 9.17) is 0 Å². The van der Waals surface area contributed by atoms with Crippen molar-refractivity contribution in [1.29, 1.82) is 0 Å². The van der Waals surface area contributed by atoms with Gasteiger partial charge in [-0.25, -0.2) is 0 Å². The summed E-state index contributed by atoms with van der Waals surface area (Å²) in [5, 5.41) is 22.9. The smallest absolute Gasteiger partial charge is 0.381 e. The van der Waals surface area contributed by atoms with Crippen LogP contribution in [0, 0.1) is 15.5 Å². The molecular formula is C12H18N4O4. The van der Waals surface area contributed by atoms with Crippen LogP contribution in [0.5, 0.6) is 0 Å². The molecule has 1 aromatic heterocycles. The Morgan fingerprint density at radius 1 is 1.70 bits per heavy atom. The molecule has 1 aliphatic rings. The first-order valence-corrected chi connectivity index (χ1v) is 6.44. The number of carbonyl (C=O) groups is 1. The predicted molar refractivity (Wildman–Crippen MR) is 69.8 cm³/mol. The summed E-state index contributed by atoms with van der Waals surface area (Å²) >= 11 is 0. The zero-order chi connectivity index (χ0) is 14.9. The fourth-order valence-corrected chi connectivity index (χ4v) is 2.21. The largest absolute Gasteiger partial charge is 0.392 e. The van der Waals surface area contributed by atoms with Crippen LogP contribution in [-0.2, 0) is 11.3 Å². The monoisotopic (exact) mass is 282 g/mol. The Labute approximate surface area is 116 Å². The number of hydrogen-bond donors (Lipinski definition) is 2. The number of imidazole rings is 1. The molecule has 1 saturated carbocycles. The third-order valence-corrected chi connectivity index (χ3v) is 3.95. The predicted octanol–water partition coefficient (Wildman–Crippen LogP) is 0.457. The molecule has 1 aliphatic carbocycles. The van der Waals surface area contributed by atoms with Crippen molar-refractivity contribution >= 4 is 11.7 Å². The Morgan fingerprint density at radius 3 is 2.90 bits per heavy atom. The second-order valence-electron chi connectivity index (χ2n) is 5.67. The van der Waals surface area contributed by atoms with Crippen LogP contribution in [0.1, 0.15) is 26.7 Å². The third-order valence-electron chi connectivity index (χ3n) is 3.95. The van der Waals surface area contributed by atoms with Gasteiger partial charge in [0, 0.05) is 24.4 Å². The average Bonchev–Trinajstić information content (AvgIpc) is 2.85. The Bertz CT molecular complexity index is 525. The molecule has 0 bridgehead atoms. The van der Waals surface area contributed by atoms with Crippen molar-refractivity contribution in [2.24, 2.45) is 5.41 Å². The fourth-order valence-electron chi connectivity index (χ4n) is 2.21. The summed E-state index contributed by atoms with van der Waals surface area (Å²) in [4.78, 5) is 25.3. The number of rotatable bonds is 5. The van der Waals surface area contributed by atoms with Gasteiger partial charge in [0.2, 0.25) is 12.2 Å². The lowest BCUT2D eigenvalue weighted by Crippen LogP contribution is -2.61. The Hall–Kier alpha value is -1.96. The Balaban J connectivity index is 1.79. The second kappa shape index (κ2) is 5.20. The first-order chi connectivity index (χ1) is 9.30. The number of hydrogen-bond acceptors (Lipinski definition) is 5. The molecule has 8 heteroatoms. The second-order valence-corrected chi connectivity index (χ2v) is 5.67. The lowest BCUT2D eigenvalue weighted by atomic mass is 9.64. The molecule has 0 spiro atoms. The van der Waals surface area contributed by atoms with E-state index >= 15 is 0 Å². The molecule has 0 aliphatic heterocycles. The van der Waals surface area contributed by atoms with Crippen LogP contribution in [-0.4, -0.2) is 37.6 Å². The van der Waals surface area contributed by atoms with Crippen molar-refractivity contribution in [1.82, 2.24) is 14.9 Å². The third kappa shape index (κ3) is 2.79. The molecule has 1 amide bonds. The SMILES string of the molecule is CC1(C)C(O)CC1NC(=O)CCn1cnc([N+](=O)[O-])c1. The molecule has 1 aromatic rings. The van der Waals surface area contributed by atoms with Gasteiger partial charge >= 0.3 is 5.82 Å². The number of carbonyl (C=O) groups excluding carboxylic acids is 1. The lowest BCUT2D eigenvalue weighted by molar-refractivity contribution is -0.389. The normalized spacial score (nSPS) is 23.9. The minimum absolute atomic E-state index is 0.0258. The highest BCUT2D eigenvalue weighted by atomic mass is 16.6. The number of aliphatic hydroxyl groups excluding tert-OH is 1. The van der Waals surface area contributed by atoms with E-state index in [1.54, 1.807) is 0 Å². The lowest BCUT2D eigenvalue weighted by Gasteiger charge is -2.49. The van der Waals surface area contributed by atoms with E-state index in [0.29, 0.717) is 13.0 Å². The van der Waals surface area contributed by atoms with Crippen LogP contribution >= 0.6 is 0 Å². The quantitative estimate of drug-likeness (QED) is 0.602. The molecule has 2 atom stereocenters. The summed E-state index contributed by atoms with van der Waals surface area (Å²) in [7, 11) is 0. The molecule has 0 radical (unpaired) electrons. The Kier molecular flexibility index (Phi) is 3.76. The highest BCUT2D eigenvalue weighted by molar-refractivity contribution is 5.76. The maximum absolute atomic E-state index is 11.8. The van der Waals surface area contributed by atoms with Gasteiger partial charge in [-0.3, -0.25) is 4.79 Å². The van der Waals surface area contributed by atoms with Gasteiger partial charge in [-0.05, 0) is 16.3 Å². The molecule has 110 valence electrons. The van der Waals surface area contributed by atoms with Crippen LogP contribution in [0.2, 0.25) is 0 Å². The highest BCUT2D eigenvalue weighted by Crippen LogP contribution is 2.40. The van der Waals surface area contributed by atoms with E-state index < -0.39 is 4.92 Å². The topological polar surface area (TPSA) is 110 Å². The molecule has 2 unspecified atom stereocenters. The maximum Gasteiger partial charge on any atom is 0.381 e. The van der Waals surface area contributed by atoms with Gasteiger partial charge in [0.1, 0.15) is 6.20 Å². The van der Waals surface area contributed by atoms with Crippen LogP contribution in [0.15, 0.2) is 12.5 Å². The summed E-state index contributed by atoms with van der Waals surface area (Å²) in [6.07, 6.45) is 3.03. The van der Waals surface area contributed by atoms with Crippen molar-refractivity contribution in [2.45, 2.75) is 45.4 Å². The van der Waals surface area contributed by atoms with Gasteiger partial charge in [0.05, 0.1) is 6.10 Å². The zero-order valence-corrected chi connectivity index (χ0v) is 11.4. The van der Waals surface area contributed by atoms with Crippen LogP contribution in [0.25, 0.3) is 0 Å². The first-order valence-electron chi connectivity index (χ1n) is 6.44. The summed E-state index contributed by atoms with van der Waals surface area (Å²) < 4.78 is 1.51. The summed E-state index contributed by atoms with van der Waals surface area (Å²) in [5.74, 6) is -0.361. The molecule has 0 saturated heterocycles. The van der Waals surface area contributed by atoms with Gasteiger partial charge in [0.15, 0.2) is 0 Å². The number of aryl methyl sites for hydroxylation is 1. The van der Waals surface area contributed by atoms with E-state index in [-0.39, 0.29) is 35.7 Å². The summed E-state index contributed by atoms with van der Waals surface area (Å²) in [6, 6.07) is -0.0258. The van der Waals surface area contributed by atoms with E-state index in [1.807, 2.05) is 13.8 Å². The zero-order valence-electron chi connectivity index (χ0n) is 11.4. The van der Waals surface area contributed by atoms with Gasteiger partial charge < -0.3 is 25.1 Å². The molecule has 20 heavy (non-hydrogen) atoms. The van der Waals surface area contributed by atoms with E-state index in [1.165, 1.54) is 17.1 Å². The van der Waals surface area contributed by atoms with Crippen LogP contribution in [0.4, 0.5) is 5.82 Å². The van der Waals surface area contributed by atoms with E-state index in [9.17, 15) is 20.0 Å². The molecule has 8 nitrogen and oxygen atoms in total. The van der Waals surface area contributed by atoms with Crippen LogP contribution < -0.4 is 5.32 Å². The number of aliphatic hydroxyl groups is 1. The van der Waals surface area contributed by atoms with Crippen LogP contribution in [0.3, 0.4) is 0 Å². The minimum atomic E-state index is -0.575. The van der Waals surface area contributed by atoms with E-state index in [2.05, 4.69) is 10.3 Å². The minimum Gasteiger partial charge on any atom is -0.392 e. The van der Waals surface area contributed by atoms with Crippen molar-refractivity contribution < 1.29 is 14.8 Å². The standard InChI is InChI=1S/C12H18N4O4/c1-12(2)8(5-9(12)17)14-11(18)3-4-15-6-10(13-7-15)16(19)20/h6-9,17H,3-5H2,1-2H3,(H,14,18).